The lowest BCUT2D eigenvalue weighted by Gasteiger charge is -2.35. The van der Waals surface area contributed by atoms with Gasteiger partial charge in [0.25, 0.3) is 0 Å². The second kappa shape index (κ2) is 6.64. The van der Waals surface area contributed by atoms with E-state index < -0.39 is 5.82 Å². The third-order valence-corrected chi connectivity index (χ3v) is 5.08. The molecule has 25 heavy (non-hydrogen) atoms. The van der Waals surface area contributed by atoms with Crippen molar-refractivity contribution in [2.45, 2.75) is 38.8 Å². The van der Waals surface area contributed by atoms with Gasteiger partial charge < -0.3 is 9.47 Å². The Hall–Kier alpha value is -2.14. The molecule has 3 heterocycles. The fourth-order valence-corrected chi connectivity index (χ4v) is 3.89. The molecule has 0 N–H and O–H groups in total. The Morgan fingerprint density at radius 2 is 2.08 bits per heavy atom. The number of benzene rings is 1. The van der Waals surface area contributed by atoms with Gasteiger partial charge in [-0.3, -0.25) is 0 Å². The normalized spacial score (nSPS) is 16.8. The van der Waals surface area contributed by atoms with E-state index >= 15 is 0 Å². The van der Waals surface area contributed by atoms with Crippen LogP contribution in [0.1, 0.15) is 25.5 Å². The van der Waals surface area contributed by atoms with E-state index in [1.807, 2.05) is 12.1 Å². The van der Waals surface area contributed by atoms with Gasteiger partial charge >= 0.3 is 0 Å². The average molecular weight is 359 g/mol. The van der Waals surface area contributed by atoms with Crippen molar-refractivity contribution < 1.29 is 4.39 Å². The summed E-state index contributed by atoms with van der Waals surface area (Å²) < 4.78 is 15.5. The molecule has 3 aromatic rings. The molecule has 4 nitrogen and oxygen atoms in total. The van der Waals surface area contributed by atoms with E-state index in [-0.39, 0.29) is 6.04 Å². The van der Waals surface area contributed by atoms with Gasteiger partial charge in [0.1, 0.15) is 0 Å². The summed E-state index contributed by atoms with van der Waals surface area (Å²) in [5.74, 6) is 0.198. The van der Waals surface area contributed by atoms with E-state index in [4.69, 9.17) is 11.6 Å². The Kier molecular flexibility index (Phi) is 4.34. The maximum Gasteiger partial charge on any atom is 0.225 e. The van der Waals surface area contributed by atoms with E-state index in [1.54, 1.807) is 0 Å². The average Bonchev–Trinajstić information content (AvgIpc) is 2.98. The highest BCUT2D eigenvalue weighted by Crippen LogP contribution is 2.30. The molecule has 1 aliphatic heterocycles. The minimum Gasteiger partial charge on any atom is -0.342 e. The summed E-state index contributed by atoms with van der Waals surface area (Å²) >= 11 is 6.20. The van der Waals surface area contributed by atoms with Gasteiger partial charge in [0, 0.05) is 29.3 Å². The van der Waals surface area contributed by atoms with Crippen molar-refractivity contribution in [2.24, 2.45) is 0 Å². The monoisotopic (exact) mass is 358 g/mol. The van der Waals surface area contributed by atoms with Crippen LogP contribution in [0.3, 0.4) is 0 Å². The Bertz CT molecular complexity index is 890. The number of aryl methyl sites for hydroxylation is 1. The second-order valence-electron chi connectivity index (χ2n) is 6.54. The molecular weight excluding hydrogens is 339 g/mol. The number of aromatic nitrogens is 3. The van der Waals surface area contributed by atoms with Crippen molar-refractivity contribution in [3.63, 3.8) is 0 Å². The lowest BCUT2D eigenvalue weighted by molar-refractivity contribution is 0.430. The zero-order chi connectivity index (χ0) is 17.4. The molecule has 130 valence electrons. The molecule has 0 fully saturated rings. The lowest BCUT2D eigenvalue weighted by atomic mass is 10.0. The first-order valence-corrected chi connectivity index (χ1v) is 9.05. The molecule has 0 bridgehead atoms. The summed E-state index contributed by atoms with van der Waals surface area (Å²) in [4.78, 5) is 10.6. The second-order valence-corrected chi connectivity index (χ2v) is 6.97. The van der Waals surface area contributed by atoms with Crippen molar-refractivity contribution in [3.8, 4) is 0 Å². The van der Waals surface area contributed by atoms with Gasteiger partial charge in [-0.1, -0.05) is 24.6 Å². The van der Waals surface area contributed by atoms with Crippen molar-refractivity contribution in [2.75, 3.05) is 11.4 Å². The van der Waals surface area contributed by atoms with Crippen LogP contribution in [-0.4, -0.2) is 27.1 Å². The zero-order valence-corrected chi connectivity index (χ0v) is 14.9. The van der Waals surface area contributed by atoms with E-state index in [9.17, 15) is 4.39 Å². The van der Waals surface area contributed by atoms with Crippen LogP contribution in [0.25, 0.3) is 10.9 Å². The number of anilines is 1. The standard InChI is InChI=1S/C19H20ClFN4/c1-2-7-24(19-22-10-15(21)11-23-19)17-6-5-16-8-13-3-4-14(20)9-18(13)25(16)12-17/h3-4,8-11,17H,2,5-7,12H2,1H3. The predicted octanol–water partition coefficient (Wildman–Crippen LogP) is 4.46. The molecule has 0 saturated heterocycles. The lowest BCUT2D eigenvalue weighted by Crippen LogP contribution is -2.42. The number of halogens is 2. The quantitative estimate of drug-likeness (QED) is 0.690. The minimum atomic E-state index is -0.405. The van der Waals surface area contributed by atoms with Gasteiger partial charge in [-0.15, -0.1) is 0 Å². The van der Waals surface area contributed by atoms with Crippen LogP contribution < -0.4 is 4.90 Å². The van der Waals surface area contributed by atoms with Crippen molar-refractivity contribution >= 4 is 28.5 Å². The predicted molar refractivity (Wildman–Crippen MR) is 98.7 cm³/mol. The minimum absolute atomic E-state index is 0.285. The highest BCUT2D eigenvalue weighted by molar-refractivity contribution is 6.31. The van der Waals surface area contributed by atoms with E-state index in [1.165, 1.54) is 29.0 Å². The molecule has 1 atom stereocenters. The zero-order valence-electron chi connectivity index (χ0n) is 14.1. The topological polar surface area (TPSA) is 34.0 Å². The maximum atomic E-state index is 13.2. The van der Waals surface area contributed by atoms with Gasteiger partial charge in [-0.05, 0) is 42.8 Å². The summed E-state index contributed by atoms with van der Waals surface area (Å²) in [6.45, 7) is 3.85. The third-order valence-electron chi connectivity index (χ3n) is 4.85. The summed E-state index contributed by atoms with van der Waals surface area (Å²) in [5.41, 5.74) is 2.51. The molecule has 0 spiro atoms. The van der Waals surface area contributed by atoms with Crippen LogP contribution in [0.4, 0.5) is 10.3 Å². The number of rotatable bonds is 4. The molecular formula is C19H20ClFN4. The summed E-state index contributed by atoms with van der Waals surface area (Å²) in [6, 6.07) is 8.57. The van der Waals surface area contributed by atoms with Crippen LogP contribution in [0, 0.1) is 5.82 Å². The van der Waals surface area contributed by atoms with Crippen molar-refractivity contribution in [1.82, 2.24) is 14.5 Å². The number of hydrogen-bond donors (Lipinski definition) is 0. The largest absolute Gasteiger partial charge is 0.342 e. The fraction of sp³-hybridized carbons (Fsp3) is 0.368. The number of hydrogen-bond acceptors (Lipinski definition) is 3. The molecule has 2 aromatic heterocycles. The van der Waals surface area contributed by atoms with Gasteiger partial charge in [0.2, 0.25) is 5.95 Å². The van der Waals surface area contributed by atoms with Crippen molar-refractivity contribution in [3.05, 3.63) is 53.2 Å². The van der Waals surface area contributed by atoms with Gasteiger partial charge in [0.15, 0.2) is 5.82 Å². The molecule has 1 aromatic carbocycles. The summed E-state index contributed by atoms with van der Waals surface area (Å²) in [5, 5.41) is 1.97. The van der Waals surface area contributed by atoms with Gasteiger partial charge in [-0.25, -0.2) is 14.4 Å². The van der Waals surface area contributed by atoms with Crippen LogP contribution in [0.2, 0.25) is 5.02 Å². The number of nitrogens with zero attached hydrogens (tertiary/aromatic N) is 4. The summed E-state index contributed by atoms with van der Waals surface area (Å²) in [6.07, 6.45) is 5.50. The Labute approximate surface area is 151 Å². The molecule has 0 amide bonds. The molecule has 6 heteroatoms. The van der Waals surface area contributed by atoms with Gasteiger partial charge in [0.05, 0.1) is 18.4 Å². The van der Waals surface area contributed by atoms with E-state index in [0.717, 1.165) is 37.4 Å². The smallest absolute Gasteiger partial charge is 0.225 e. The van der Waals surface area contributed by atoms with Crippen LogP contribution in [0.15, 0.2) is 36.7 Å². The first-order valence-electron chi connectivity index (χ1n) is 8.67. The Morgan fingerprint density at radius 3 is 2.84 bits per heavy atom. The highest BCUT2D eigenvalue weighted by Gasteiger charge is 2.27. The van der Waals surface area contributed by atoms with Crippen molar-refractivity contribution in [1.29, 1.82) is 0 Å². The van der Waals surface area contributed by atoms with Gasteiger partial charge in [-0.2, -0.15) is 0 Å². The molecule has 0 radical (unpaired) electrons. The first-order chi connectivity index (χ1) is 12.2. The summed E-state index contributed by atoms with van der Waals surface area (Å²) in [7, 11) is 0. The van der Waals surface area contributed by atoms with Crippen LogP contribution >= 0.6 is 11.6 Å². The molecule has 0 aliphatic carbocycles. The molecule has 0 saturated carbocycles. The molecule has 1 aliphatic rings. The highest BCUT2D eigenvalue weighted by atomic mass is 35.5. The third kappa shape index (κ3) is 3.09. The molecule has 1 unspecified atom stereocenters. The first kappa shape index (κ1) is 16.3. The Morgan fingerprint density at radius 1 is 1.28 bits per heavy atom. The number of fused-ring (bicyclic) bond motifs is 3. The SMILES string of the molecule is CCCN(c1ncc(F)cn1)C1CCc2cc3ccc(Cl)cc3n2C1. The van der Waals surface area contributed by atoms with Crippen LogP contribution in [0.5, 0.6) is 0 Å². The van der Waals surface area contributed by atoms with E-state index in [2.05, 4.69) is 38.5 Å². The fourth-order valence-electron chi connectivity index (χ4n) is 3.72. The Balaban J connectivity index is 1.68. The maximum absolute atomic E-state index is 13.2. The molecule has 4 rings (SSSR count). The van der Waals surface area contributed by atoms with Crippen LogP contribution in [-0.2, 0) is 13.0 Å². The van der Waals surface area contributed by atoms with E-state index in [0.29, 0.717) is 5.95 Å².